The highest BCUT2D eigenvalue weighted by Crippen LogP contribution is 2.32. The van der Waals surface area contributed by atoms with Crippen LogP contribution in [0.1, 0.15) is 46.0 Å². The van der Waals surface area contributed by atoms with E-state index in [2.05, 4.69) is 13.8 Å². The fourth-order valence-corrected chi connectivity index (χ4v) is 2.10. The maximum Gasteiger partial charge on any atom is 0.0433 e. The number of hydrogen-bond donors (Lipinski definition) is 1. The maximum atomic E-state index is 8.83. The normalized spacial score (nSPS) is 24.8. The van der Waals surface area contributed by atoms with Gasteiger partial charge in [0.2, 0.25) is 0 Å². The minimum absolute atomic E-state index is 0.362. The van der Waals surface area contributed by atoms with Crippen molar-refractivity contribution >= 4 is 0 Å². The van der Waals surface area contributed by atoms with Crippen molar-refractivity contribution in [3.63, 3.8) is 0 Å². The molecule has 0 heterocycles. The van der Waals surface area contributed by atoms with Gasteiger partial charge in [0.15, 0.2) is 0 Å². The van der Waals surface area contributed by atoms with Crippen LogP contribution in [0.15, 0.2) is 11.1 Å². The number of allylic oxidation sites excluding steroid dienone is 2. The molecule has 1 heteroatoms. The Kier molecular flexibility index (Phi) is 3.80. The van der Waals surface area contributed by atoms with E-state index in [1.54, 1.807) is 11.1 Å². The molecule has 1 atom stereocenters. The molecule has 70 valence electrons. The minimum atomic E-state index is 0.362. The Bertz CT molecular complexity index is 170. The van der Waals surface area contributed by atoms with Gasteiger partial charge in [-0.15, -0.1) is 0 Å². The standard InChI is InChI=1S/C11H20O/c1-3-11-8-10(6-7-12)5-4-9(11)2/h10,12H,3-8H2,1-2H3. The van der Waals surface area contributed by atoms with Crippen LogP contribution < -0.4 is 0 Å². The van der Waals surface area contributed by atoms with E-state index in [4.69, 9.17) is 5.11 Å². The van der Waals surface area contributed by atoms with Gasteiger partial charge >= 0.3 is 0 Å². The van der Waals surface area contributed by atoms with Gasteiger partial charge in [0.25, 0.3) is 0 Å². The van der Waals surface area contributed by atoms with E-state index in [1.165, 1.54) is 25.7 Å². The largest absolute Gasteiger partial charge is 0.396 e. The summed E-state index contributed by atoms with van der Waals surface area (Å²) in [7, 11) is 0. The second kappa shape index (κ2) is 4.66. The SMILES string of the molecule is CCC1=C(C)CCC(CCO)C1. The van der Waals surface area contributed by atoms with Gasteiger partial charge in [-0.25, -0.2) is 0 Å². The van der Waals surface area contributed by atoms with Crippen molar-refractivity contribution in [3.8, 4) is 0 Å². The Morgan fingerprint density at radius 3 is 2.83 bits per heavy atom. The zero-order valence-corrected chi connectivity index (χ0v) is 8.27. The lowest BCUT2D eigenvalue weighted by Gasteiger charge is -2.24. The van der Waals surface area contributed by atoms with Crippen LogP contribution in [-0.4, -0.2) is 11.7 Å². The van der Waals surface area contributed by atoms with Gasteiger partial charge in [0.05, 0.1) is 0 Å². The zero-order chi connectivity index (χ0) is 8.97. The van der Waals surface area contributed by atoms with Crippen molar-refractivity contribution in [2.75, 3.05) is 6.61 Å². The van der Waals surface area contributed by atoms with Crippen LogP contribution in [0.4, 0.5) is 0 Å². The molecular weight excluding hydrogens is 148 g/mol. The summed E-state index contributed by atoms with van der Waals surface area (Å²) >= 11 is 0. The Labute approximate surface area is 75.5 Å². The highest BCUT2D eigenvalue weighted by atomic mass is 16.3. The Morgan fingerprint density at radius 1 is 1.50 bits per heavy atom. The van der Waals surface area contributed by atoms with Gasteiger partial charge in [-0.1, -0.05) is 18.1 Å². The second-order valence-corrected chi connectivity index (χ2v) is 3.86. The molecule has 0 bridgehead atoms. The summed E-state index contributed by atoms with van der Waals surface area (Å²) in [5.41, 5.74) is 3.24. The number of hydrogen-bond acceptors (Lipinski definition) is 1. The highest BCUT2D eigenvalue weighted by molar-refractivity contribution is 5.15. The number of rotatable bonds is 3. The van der Waals surface area contributed by atoms with Crippen molar-refractivity contribution in [2.24, 2.45) is 5.92 Å². The molecule has 1 aliphatic carbocycles. The molecule has 0 aromatic heterocycles. The van der Waals surface area contributed by atoms with E-state index in [9.17, 15) is 0 Å². The average Bonchev–Trinajstić information content (AvgIpc) is 2.09. The molecule has 1 aliphatic rings. The first-order valence-corrected chi connectivity index (χ1v) is 5.06. The third-order valence-corrected chi connectivity index (χ3v) is 3.03. The van der Waals surface area contributed by atoms with E-state index < -0.39 is 0 Å². The first kappa shape index (κ1) is 9.79. The minimum Gasteiger partial charge on any atom is -0.396 e. The zero-order valence-electron chi connectivity index (χ0n) is 8.27. The Hall–Kier alpha value is -0.300. The lowest BCUT2D eigenvalue weighted by molar-refractivity contribution is 0.247. The molecule has 0 radical (unpaired) electrons. The molecule has 1 rings (SSSR count). The Balaban J connectivity index is 2.49. The molecule has 0 spiro atoms. The summed E-state index contributed by atoms with van der Waals surface area (Å²) in [6.07, 6.45) is 5.98. The van der Waals surface area contributed by atoms with Crippen LogP contribution >= 0.6 is 0 Å². The van der Waals surface area contributed by atoms with Crippen molar-refractivity contribution in [2.45, 2.75) is 46.0 Å². The fraction of sp³-hybridized carbons (Fsp3) is 0.818. The van der Waals surface area contributed by atoms with Crippen LogP contribution in [0.5, 0.6) is 0 Å². The van der Waals surface area contributed by atoms with Gasteiger partial charge in [-0.3, -0.25) is 0 Å². The lowest BCUT2D eigenvalue weighted by atomic mass is 9.82. The van der Waals surface area contributed by atoms with Gasteiger partial charge < -0.3 is 5.11 Å². The first-order valence-electron chi connectivity index (χ1n) is 5.06. The highest BCUT2D eigenvalue weighted by Gasteiger charge is 2.16. The van der Waals surface area contributed by atoms with Crippen molar-refractivity contribution in [1.29, 1.82) is 0 Å². The summed E-state index contributed by atoms with van der Waals surface area (Å²) in [4.78, 5) is 0. The molecule has 0 saturated carbocycles. The third kappa shape index (κ3) is 2.34. The summed E-state index contributed by atoms with van der Waals surface area (Å²) in [6.45, 7) is 4.86. The molecule has 1 unspecified atom stereocenters. The van der Waals surface area contributed by atoms with Crippen LogP contribution in [-0.2, 0) is 0 Å². The van der Waals surface area contributed by atoms with Gasteiger partial charge in [0.1, 0.15) is 0 Å². The van der Waals surface area contributed by atoms with E-state index >= 15 is 0 Å². The van der Waals surface area contributed by atoms with Crippen LogP contribution in [0.2, 0.25) is 0 Å². The maximum absolute atomic E-state index is 8.83. The van der Waals surface area contributed by atoms with E-state index in [1.807, 2.05) is 0 Å². The summed E-state index contributed by atoms with van der Waals surface area (Å²) in [5, 5.41) is 8.83. The second-order valence-electron chi connectivity index (χ2n) is 3.86. The van der Waals surface area contributed by atoms with Gasteiger partial charge in [-0.2, -0.15) is 0 Å². The van der Waals surface area contributed by atoms with E-state index in [0.29, 0.717) is 6.61 Å². The predicted octanol–water partition coefficient (Wildman–Crippen LogP) is 2.90. The fourth-order valence-electron chi connectivity index (χ4n) is 2.10. The topological polar surface area (TPSA) is 20.2 Å². The third-order valence-electron chi connectivity index (χ3n) is 3.03. The smallest absolute Gasteiger partial charge is 0.0433 e. The predicted molar refractivity (Wildman–Crippen MR) is 52.0 cm³/mol. The van der Waals surface area contributed by atoms with E-state index in [-0.39, 0.29) is 0 Å². The molecule has 1 N–H and O–H groups in total. The van der Waals surface area contributed by atoms with E-state index in [0.717, 1.165) is 12.3 Å². The van der Waals surface area contributed by atoms with Crippen LogP contribution in [0.3, 0.4) is 0 Å². The van der Waals surface area contributed by atoms with Crippen molar-refractivity contribution < 1.29 is 5.11 Å². The average molecular weight is 168 g/mol. The van der Waals surface area contributed by atoms with Crippen molar-refractivity contribution in [1.82, 2.24) is 0 Å². The molecule has 12 heavy (non-hydrogen) atoms. The molecule has 0 saturated heterocycles. The number of aliphatic hydroxyl groups is 1. The molecule has 0 amide bonds. The summed E-state index contributed by atoms with van der Waals surface area (Å²) in [5.74, 6) is 0.758. The molecule has 0 aromatic carbocycles. The molecule has 0 aliphatic heterocycles. The number of aliphatic hydroxyl groups excluding tert-OH is 1. The first-order chi connectivity index (χ1) is 5.77. The molecule has 0 aromatic rings. The molecular formula is C11H20O. The molecule has 0 fully saturated rings. The monoisotopic (exact) mass is 168 g/mol. The summed E-state index contributed by atoms with van der Waals surface area (Å²) < 4.78 is 0. The van der Waals surface area contributed by atoms with Crippen LogP contribution in [0, 0.1) is 5.92 Å². The Morgan fingerprint density at radius 2 is 2.25 bits per heavy atom. The van der Waals surface area contributed by atoms with Gasteiger partial charge in [-0.05, 0) is 44.9 Å². The molecule has 1 nitrogen and oxygen atoms in total. The van der Waals surface area contributed by atoms with Crippen molar-refractivity contribution in [3.05, 3.63) is 11.1 Å². The van der Waals surface area contributed by atoms with Crippen LogP contribution in [0.25, 0.3) is 0 Å². The quantitative estimate of drug-likeness (QED) is 0.642. The van der Waals surface area contributed by atoms with Gasteiger partial charge in [0, 0.05) is 6.61 Å². The summed E-state index contributed by atoms with van der Waals surface area (Å²) in [6, 6.07) is 0. The lowest BCUT2D eigenvalue weighted by Crippen LogP contribution is -2.10.